The van der Waals surface area contributed by atoms with Crippen LogP contribution in [0.4, 0.5) is 11.4 Å². The van der Waals surface area contributed by atoms with Gasteiger partial charge in [0.15, 0.2) is 5.78 Å². The molecule has 5 aromatic rings. The Morgan fingerprint density at radius 1 is 0.867 bits per heavy atom. The maximum atomic E-state index is 13.2. The summed E-state index contributed by atoms with van der Waals surface area (Å²) < 4.78 is 16.8. The number of carbonyl (C=O) groups excluding carboxylic acids is 2. The molecule has 0 unspecified atom stereocenters. The summed E-state index contributed by atoms with van der Waals surface area (Å²) in [5, 5.41) is 3.26. The number of nitrogens with zero attached hydrogens (tertiary/aromatic N) is 1. The highest BCUT2D eigenvalue weighted by atomic mass is 16.5. The van der Waals surface area contributed by atoms with Crippen molar-refractivity contribution in [2.24, 2.45) is 0 Å². The van der Waals surface area contributed by atoms with Crippen molar-refractivity contribution in [3.05, 3.63) is 150 Å². The Labute approximate surface area is 264 Å². The van der Waals surface area contributed by atoms with Gasteiger partial charge in [0.1, 0.15) is 17.6 Å². The van der Waals surface area contributed by atoms with Crippen LogP contribution in [0.25, 0.3) is 0 Å². The van der Waals surface area contributed by atoms with E-state index in [9.17, 15) is 9.59 Å². The lowest BCUT2D eigenvalue weighted by Gasteiger charge is -2.24. The first kappa shape index (κ1) is 31.1. The summed E-state index contributed by atoms with van der Waals surface area (Å²) in [6.07, 6.45) is 2.90. The number of hydrogen-bond acceptors (Lipinski definition) is 7. The molecule has 7 heteroatoms. The molecule has 0 saturated carbocycles. The highest BCUT2D eigenvalue weighted by Gasteiger charge is 2.22. The molecule has 0 aliphatic rings. The summed E-state index contributed by atoms with van der Waals surface area (Å²) in [6.45, 7) is 4.14. The molecule has 0 aliphatic carbocycles. The molecule has 230 valence electrons. The van der Waals surface area contributed by atoms with Gasteiger partial charge < -0.3 is 24.1 Å². The van der Waals surface area contributed by atoms with Crippen LogP contribution in [-0.2, 0) is 22.5 Å². The first-order valence-corrected chi connectivity index (χ1v) is 15.1. The van der Waals surface area contributed by atoms with Gasteiger partial charge in [0.2, 0.25) is 0 Å². The zero-order valence-corrected chi connectivity index (χ0v) is 25.6. The molecule has 45 heavy (non-hydrogen) atoms. The van der Waals surface area contributed by atoms with Crippen molar-refractivity contribution in [3.63, 3.8) is 0 Å². The molecule has 0 aliphatic heterocycles. The van der Waals surface area contributed by atoms with Crippen molar-refractivity contribution < 1.29 is 23.5 Å². The third-order valence-corrected chi connectivity index (χ3v) is 7.52. The third kappa shape index (κ3) is 8.63. The van der Waals surface area contributed by atoms with Gasteiger partial charge in [-0.2, -0.15) is 0 Å². The number of esters is 1. The molecular formula is C38H38N2O5. The lowest BCUT2D eigenvalue weighted by atomic mass is 10.00. The average Bonchev–Trinajstić information content (AvgIpc) is 3.60. The summed E-state index contributed by atoms with van der Waals surface area (Å²) >= 11 is 0. The second-order valence-electron chi connectivity index (χ2n) is 10.9. The summed E-state index contributed by atoms with van der Waals surface area (Å²) in [5.74, 6) is 1.14. The van der Waals surface area contributed by atoms with E-state index in [1.807, 2.05) is 66.7 Å². The Bertz CT molecular complexity index is 1670. The minimum atomic E-state index is -0.687. The molecule has 4 aromatic carbocycles. The Kier molecular flexibility index (Phi) is 10.7. The van der Waals surface area contributed by atoms with Gasteiger partial charge >= 0.3 is 5.97 Å². The quantitative estimate of drug-likeness (QED) is 0.0755. The van der Waals surface area contributed by atoms with Crippen LogP contribution in [0.5, 0.6) is 5.75 Å². The van der Waals surface area contributed by atoms with Crippen molar-refractivity contribution in [2.45, 2.75) is 32.4 Å². The van der Waals surface area contributed by atoms with E-state index in [1.54, 1.807) is 30.5 Å². The number of para-hydroxylation sites is 1. The number of nitrogens with one attached hydrogen (secondary N) is 1. The molecule has 5 rings (SSSR count). The Balaban J connectivity index is 1.18. The number of rotatable bonds is 15. The summed E-state index contributed by atoms with van der Waals surface area (Å²) in [5.41, 5.74) is 4.94. The number of furan rings is 1. The van der Waals surface area contributed by atoms with E-state index in [4.69, 9.17) is 13.9 Å². The minimum absolute atomic E-state index is 0.119. The first-order chi connectivity index (χ1) is 22.0. The molecule has 0 spiro atoms. The zero-order chi connectivity index (χ0) is 31.4. The monoisotopic (exact) mass is 602 g/mol. The lowest BCUT2D eigenvalue weighted by Crippen LogP contribution is -2.33. The predicted molar refractivity (Wildman–Crippen MR) is 177 cm³/mol. The molecule has 1 atom stereocenters. The molecule has 0 saturated heterocycles. The second kappa shape index (κ2) is 15.4. The topological polar surface area (TPSA) is 81.0 Å². The summed E-state index contributed by atoms with van der Waals surface area (Å²) in [6, 6.07) is 35.7. The smallest absolute Gasteiger partial charge is 0.328 e. The number of ketones is 1. The first-order valence-electron chi connectivity index (χ1n) is 15.1. The maximum absolute atomic E-state index is 13.2. The van der Waals surface area contributed by atoms with Crippen molar-refractivity contribution in [2.75, 3.05) is 30.5 Å². The number of hydrogen-bond donors (Lipinski definition) is 1. The van der Waals surface area contributed by atoms with Crippen LogP contribution in [0.2, 0.25) is 0 Å². The summed E-state index contributed by atoms with van der Waals surface area (Å²) in [4.78, 5) is 28.3. The molecule has 0 fully saturated rings. The fourth-order valence-corrected chi connectivity index (χ4v) is 5.19. The van der Waals surface area contributed by atoms with E-state index in [0.29, 0.717) is 36.4 Å². The van der Waals surface area contributed by atoms with Gasteiger partial charge in [-0.05, 0) is 73.0 Å². The van der Waals surface area contributed by atoms with E-state index >= 15 is 0 Å². The summed E-state index contributed by atoms with van der Waals surface area (Å²) in [7, 11) is 1.36. The van der Waals surface area contributed by atoms with Crippen LogP contribution in [0.3, 0.4) is 0 Å². The van der Waals surface area contributed by atoms with Crippen LogP contribution in [-0.4, -0.2) is 38.1 Å². The zero-order valence-electron chi connectivity index (χ0n) is 25.6. The van der Waals surface area contributed by atoms with Crippen LogP contribution < -0.4 is 15.0 Å². The molecule has 1 N–H and O–H groups in total. The molecule has 0 bridgehead atoms. The minimum Gasteiger partial charge on any atom is -0.494 e. The van der Waals surface area contributed by atoms with Gasteiger partial charge in [-0.1, -0.05) is 66.7 Å². The molecule has 0 radical (unpaired) electrons. The SMILES string of the molecule is COC(=O)[C@H](Cc1ccc(OCCCN(Cc2ccco2)c2cccc(C)c2)cc1)Nc1ccccc1C(=O)c1ccccc1. The van der Waals surface area contributed by atoms with Crippen molar-refractivity contribution in [1.82, 2.24) is 0 Å². The van der Waals surface area contributed by atoms with Crippen molar-refractivity contribution in [3.8, 4) is 5.75 Å². The molecule has 1 aromatic heterocycles. The van der Waals surface area contributed by atoms with Crippen molar-refractivity contribution >= 4 is 23.1 Å². The number of anilines is 2. The number of carbonyl (C=O) groups is 2. The largest absolute Gasteiger partial charge is 0.494 e. The lowest BCUT2D eigenvalue weighted by molar-refractivity contribution is -0.141. The van der Waals surface area contributed by atoms with Gasteiger partial charge in [-0.15, -0.1) is 0 Å². The van der Waals surface area contributed by atoms with Gasteiger partial charge in [0, 0.05) is 35.5 Å². The van der Waals surface area contributed by atoms with E-state index in [-0.39, 0.29) is 5.78 Å². The fraction of sp³-hybridized carbons (Fsp3) is 0.211. The van der Waals surface area contributed by atoms with Gasteiger partial charge in [0.25, 0.3) is 0 Å². The maximum Gasteiger partial charge on any atom is 0.328 e. The molecule has 0 amide bonds. The highest BCUT2D eigenvalue weighted by Crippen LogP contribution is 2.23. The Morgan fingerprint density at radius 2 is 1.64 bits per heavy atom. The van der Waals surface area contributed by atoms with Crippen LogP contribution >= 0.6 is 0 Å². The number of benzene rings is 4. The van der Waals surface area contributed by atoms with Gasteiger partial charge in [0.05, 0.1) is 26.5 Å². The predicted octanol–water partition coefficient (Wildman–Crippen LogP) is 7.49. The highest BCUT2D eigenvalue weighted by molar-refractivity contribution is 6.12. The average molecular weight is 603 g/mol. The van der Waals surface area contributed by atoms with E-state index < -0.39 is 12.0 Å². The number of methoxy groups -OCH3 is 1. The van der Waals surface area contributed by atoms with Crippen LogP contribution in [0.15, 0.2) is 126 Å². The molecular weight excluding hydrogens is 564 g/mol. The van der Waals surface area contributed by atoms with E-state index in [0.717, 1.165) is 35.7 Å². The van der Waals surface area contributed by atoms with E-state index in [2.05, 4.69) is 41.4 Å². The Morgan fingerprint density at radius 3 is 2.38 bits per heavy atom. The van der Waals surface area contributed by atoms with Crippen LogP contribution in [0.1, 0.15) is 39.2 Å². The van der Waals surface area contributed by atoms with Crippen molar-refractivity contribution in [1.29, 1.82) is 0 Å². The number of ether oxygens (including phenoxy) is 2. The standard InChI is InChI=1S/C38H38N2O5/c1-28-11-8-14-31(25-28)40(27-33-15-9-23-45-33)22-10-24-44-32-20-18-29(19-21-32)26-36(38(42)43-2)39-35-17-7-6-16-34(35)37(41)30-12-4-3-5-13-30/h3-9,11-21,23,25,36,39H,10,22,24,26-27H2,1-2H3/t36-/m0/s1. The van der Waals surface area contributed by atoms with Crippen LogP contribution in [0, 0.1) is 6.92 Å². The van der Waals surface area contributed by atoms with Gasteiger partial charge in [-0.3, -0.25) is 4.79 Å². The van der Waals surface area contributed by atoms with Gasteiger partial charge in [-0.25, -0.2) is 4.79 Å². The fourth-order valence-electron chi connectivity index (χ4n) is 5.19. The third-order valence-electron chi connectivity index (χ3n) is 7.52. The number of aryl methyl sites for hydroxylation is 1. The molecule has 1 heterocycles. The second-order valence-corrected chi connectivity index (χ2v) is 10.9. The normalized spacial score (nSPS) is 11.4. The van der Waals surface area contributed by atoms with E-state index in [1.165, 1.54) is 12.7 Å². The Hall–Kier alpha value is -5.30. The molecule has 7 nitrogen and oxygen atoms in total.